The number of aromatic amines is 1. The summed E-state index contributed by atoms with van der Waals surface area (Å²) >= 11 is 0. The van der Waals surface area contributed by atoms with Crippen molar-refractivity contribution in [3.05, 3.63) is 54.4 Å². The molecule has 1 aromatic heterocycles. The quantitative estimate of drug-likeness (QED) is 0.647. The normalized spacial score (nSPS) is 16.4. The van der Waals surface area contributed by atoms with Crippen molar-refractivity contribution in [1.82, 2.24) is 15.3 Å². The van der Waals surface area contributed by atoms with Gasteiger partial charge in [-0.3, -0.25) is 9.59 Å². The highest BCUT2D eigenvalue weighted by Gasteiger charge is 2.34. The molecular weight excluding hydrogens is 368 g/mol. The van der Waals surface area contributed by atoms with E-state index in [2.05, 4.69) is 15.3 Å². The van der Waals surface area contributed by atoms with E-state index in [9.17, 15) is 9.59 Å². The third-order valence-corrected chi connectivity index (χ3v) is 5.05. The maximum atomic E-state index is 12.5. The van der Waals surface area contributed by atoms with E-state index in [1.165, 1.54) is 0 Å². The number of fused-ring (bicyclic) bond motifs is 1. The fourth-order valence-corrected chi connectivity index (χ4v) is 3.59. The molecule has 0 saturated carbocycles. The zero-order valence-corrected chi connectivity index (χ0v) is 16.4. The summed E-state index contributed by atoms with van der Waals surface area (Å²) in [5.41, 5.74) is 2.69. The molecule has 0 spiro atoms. The number of anilines is 1. The van der Waals surface area contributed by atoms with Crippen LogP contribution in [0.15, 0.2) is 48.5 Å². The molecule has 0 bridgehead atoms. The number of rotatable bonds is 7. The molecule has 4 rings (SSSR count). The van der Waals surface area contributed by atoms with E-state index < -0.39 is 0 Å². The fourth-order valence-electron chi connectivity index (χ4n) is 3.59. The standard InChI is InChI=1S/C22H24N4O3/c1-2-29-17-9-7-16(8-10-17)26-14-15(13-21(26)27)22(28)23-12-11-20-24-18-5-3-4-6-19(18)25-20/h3-10,15H,2,11-14H2,1H3,(H,23,28)(H,24,25). The Kier molecular flexibility index (Phi) is 5.46. The van der Waals surface area contributed by atoms with Gasteiger partial charge in [0.15, 0.2) is 0 Å². The van der Waals surface area contributed by atoms with Crippen molar-refractivity contribution in [3.63, 3.8) is 0 Å². The van der Waals surface area contributed by atoms with Crippen LogP contribution in [0.1, 0.15) is 19.2 Å². The Bertz CT molecular complexity index is 979. The summed E-state index contributed by atoms with van der Waals surface area (Å²) in [7, 11) is 0. The topological polar surface area (TPSA) is 87.3 Å². The third kappa shape index (κ3) is 4.23. The van der Waals surface area contributed by atoms with Gasteiger partial charge in [0.2, 0.25) is 11.8 Å². The minimum absolute atomic E-state index is 0.0356. The monoisotopic (exact) mass is 392 g/mol. The Balaban J connectivity index is 1.30. The lowest BCUT2D eigenvalue weighted by Crippen LogP contribution is -2.34. The predicted octanol–water partition coefficient (Wildman–Crippen LogP) is 2.67. The maximum absolute atomic E-state index is 12.5. The van der Waals surface area contributed by atoms with Gasteiger partial charge >= 0.3 is 0 Å². The number of benzene rings is 2. The first-order chi connectivity index (χ1) is 14.1. The van der Waals surface area contributed by atoms with Crippen LogP contribution in [0.5, 0.6) is 5.75 Å². The maximum Gasteiger partial charge on any atom is 0.227 e. The van der Waals surface area contributed by atoms with E-state index in [0.29, 0.717) is 26.1 Å². The molecule has 1 unspecified atom stereocenters. The lowest BCUT2D eigenvalue weighted by atomic mass is 10.1. The van der Waals surface area contributed by atoms with Crippen molar-refractivity contribution in [2.75, 3.05) is 24.6 Å². The highest BCUT2D eigenvalue weighted by atomic mass is 16.5. The minimum atomic E-state index is -0.343. The number of amides is 2. The number of nitrogens with one attached hydrogen (secondary N) is 2. The lowest BCUT2D eigenvalue weighted by Gasteiger charge is -2.17. The van der Waals surface area contributed by atoms with Gasteiger partial charge in [0.1, 0.15) is 11.6 Å². The first kappa shape index (κ1) is 19.0. The molecule has 1 aliphatic rings. The molecule has 2 aromatic carbocycles. The molecule has 0 aliphatic carbocycles. The van der Waals surface area contributed by atoms with Gasteiger partial charge in [-0.05, 0) is 43.3 Å². The number of imidazole rings is 1. The number of hydrogen-bond acceptors (Lipinski definition) is 4. The van der Waals surface area contributed by atoms with Gasteiger partial charge < -0.3 is 19.9 Å². The zero-order chi connectivity index (χ0) is 20.2. The van der Waals surface area contributed by atoms with Gasteiger partial charge in [-0.2, -0.15) is 0 Å². The van der Waals surface area contributed by atoms with Crippen LogP contribution in [0.4, 0.5) is 5.69 Å². The molecule has 1 saturated heterocycles. The Morgan fingerprint density at radius 1 is 1.24 bits per heavy atom. The number of ether oxygens (including phenoxy) is 1. The van der Waals surface area contributed by atoms with E-state index in [-0.39, 0.29) is 24.2 Å². The van der Waals surface area contributed by atoms with E-state index in [1.807, 2.05) is 55.5 Å². The molecule has 1 aliphatic heterocycles. The van der Waals surface area contributed by atoms with Crippen LogP contribution in [-0.2, 0) is 16.0 Å². The number of carbonyl (C=O) groups is 2. The van der Waals surface area contributed by atoms with Gasteiger partial charge in [0.05, 0.1) is 23.6 Å². The molecule has 1 fully saturated rings. The first-order valence-corrected chi connectivity index (χ1v) is 9.88. The van der Waals surface area contributed by atoms with Crippen LogP contribution in [0.25, 0.3) is 11.0 Å². The van der Waals surface area contributed by atoms with Gasteiger partial charge in [-0.1, -0.05) is 12.1 Å². The molecule has 7 heteroatoms. The summed E-state index contributed by atoms with van der Waals surface area (Å²) in [6.45, 7) is 3.39. The van der Waals surface area contributed by atoms with E-state index in [1.54, 1.807) is 4.90 Å². The van der Waals surface area contributed by atoms with Gasteiger partial charge in [-0.25, -0.2) is 4.98 Å². The molecule has 150 valence electrons. The molecule has 1 atom stereocenters. The second kappa shape index (κ2) is 8.34. The van der Waals surface area contributed by atoms with Crippen molar-refractivity contribution in [3.8, 4) is 5.75 Å². The molecule has 29 heavy (non-hydrogen) atoms. The van der Waals surface area contributed by atoms with E-state index >= 15 is 0 Å². The van der Waals surface area contributed by atoms with Crippen LogP contribution < -0.4 is 15.0 Å². The molecule has 2 heterocycles. The van der Waals surface area contributed by atoms with Crippen LogP contribution in [0, 0.1) is 5.92 Å². The van der Waals surface area contributed by atoms with Crippen LogP contribution in [-0.4, -0.2) is 41.5 Å². The van der Waals surface area contributed by atoms with Gasteiger partial charge in [0, 0.05) is 31.6 Å². The SMILES string of the molecule is CCOc1ccc(N2CC(C(=O)NCCc3nc4ccccc4[nH]3)CC2=O)cc1. The van der Waals surface area contributed by atoms with Crippen molar-refractivity contribution in [1.29, 1.82) is 0 Å². The van der Waals surface area contributed by atoms with Crippen molar-refractivity contribution in [2.45, 2.75) is 19.8 Å². The predicted molar refractivity (Wildman–Crippen MR) is 111 cm³/mol. The first-order valence-electron chi connectivity index (χ1n) is 9.88. The Morgan fingerprint density at radius 2 is 2.03 bits per heavy atom. The average Bonchev–Trinajstić information content (AvgIpc) is 3.32. The number of H-pyrrole nitrogens is 1. The van der Waals surface area contributed by atoms with Crippen molar-refractivity contribution in [2.24, 2.45) is 5.92 Å². The number of para-hydroxylation sites is 2. The highest BCUT2D eigenvalue weighted by Crippen LogP contribution is 2.27. The molecule has 2 N–H and O–H groups in total. The largest absolute Gasteiger partial charge is 0.494 e. The number of nitrogens with zero attached hydrogens (tertiary/aromatic N) is 2. The van der Waals surface area contributed by atoms with Gasteiger partial charge in [-0.15, -0.1) is 0 Å². The molecule has 7 nitrogen and oxygen atoms in total. The zero-order valence-electron chi connectivity index (χ0n) is 16.4. The summed E-state index contributed by atoms with van der Waals surface area (Å²) in [5, 5.41) is 2.94. The Labute approximate surface area is 169 Å². The van der Waals surface area contributed by atoms with Crippen molar-refractivity contribution >= 4 is 28.5 Å². The average molecular weight is 392 g/mol. The summed E-state index contributed by atoms with van der Waals surface area (Å²) in [4.78, 5) is 34.4. The lowest BCUT2D eigenvalue weighted by molar-refractivity contribution is -0.126. The molecular formula is C22H24N4O3. The van der Waals surface area contributed by atoms with E-state index in [4.69, 9.17) is 4.74 Å². The summed E-state index contributed by atoms with van der Waals surface area (Å²) < 4.78 is 5.43. The second-order valence-electron chi connectivity index (χ2n) is 7.07. The number of aromatic nitrogens is 2. The minimum Gasteiger partial charge on any atom is -0.494 e. The molecule has 2 amide bonds. The smallest absolute Gasteiger partial charge is 0.227 e. The van der Waals surface area contributed by atoms with Crippen LogP contribution in [0.2, 0.25) is 0 Å². The second-order valence-corrected chi connectivity index (χ2v) is 7.07. The molecule has 3 aromatic rings. The number of carbonyl (C=O) groups excluding carboxylic acids is 2. The summed E-state index contributed by atoms with van der Waals surface area (Å²) in [6.07, 6.45) is 0.841. The van der Waals surface area contributed by atoms with Crippen LogP contribution in [0.3, 0.4) is 0 Å². The van der Waals surface area contributed by atoms with Crippen LogP contribution >= 0.6 is 0 Å². The number of hydrogen-bond donors (Lipinski definition) is 2. The van der Waals surface area contributed by atoms with E-state index in [0.717, 1.165) is 28.3 Å². The Morgan fingerprint density at radius 3 is 2.79 bits per heavy atom. The third-order valence-electron chi connectivity index (χ3n) is 5.05. The highest BCUT2D eigenvalue weighted by molar-refractivity contribution is 6.00. The summed E-state index contributed by atoms with van der Waals surface area (Å²) in [5.74, 6) is 1.13. The summed E-state index contributed by atoms with van der Waals surface area (Å²) in [6, 6.07) is 15.2. The fraction of sp³-hybridized carbons (Fsp3) is 0.318. The van der Waals surface area contributed by atoms with Crippen molar-refractivity contribution < 1.29 is 14.3 Å². The van der Waals surface area contributed by atoms with Gasteiger partial charge in [0.25, 0.3) is 0 Å². The molecule has 0 radical (unpaired) electrons. The Hall–Kier alpha value is -3.35.